The Labute approximate surface area is 275 Å². The second kappa shape index (κ2) is 15.5. The number of anilines is 4. The summed E-state index contributed by atoms with van der Waals surface area (Å²) >= 11 is 0. The predicted octanol–water partition coefficient (Wildman–Crippen LogP) is 5.74. The molecule has 13 heteroatoms. The third-order valence-corrected chi connectivity index (χ3v) is 8.48. The molecule has 0 fully saturated rings. The fourth-order valence-electron chi connectivity index (χ4n) is 4.42. The van der Waals surface area contributed by atoms with Gasteiger partial charge in [0, 0.05) is 47.3 Å². The van der Waals surface area contributed by atoms with E-state index in [2.05, 4.69) is 36.0 Å². The number of benzene rings is 3. The van der Waals surface area contributed by atoms with Gasteiger partial charge in [0.1, 0.15) is 17.9 Å². The number of nitrogens with one attached hydrogen (secondary N) is 5. The summed E-state index contributed by atoms with van der Waals surface area (Å²) in [5.74, 6) is 1.57. The Morgan fingerprint density at radius 3 is 2.38 bits per heavy atom. The molecule has 248 valence electrons. The predicted molar refractivity (Wildman–Crippen MR) is 183 cm³/mol. The average Bonchev–Trinajstić information content (AvgIpc) is 3.01. The van der Waals surface area contributed by atoms with Crippen molar-refractivity contribution in [3.05, 3.63) is 95.2 Å². The number of amides is 2. The molecule has 2 amide bonds. The van der Waals surface area contributed by atoms with Crippen LogP contribution in [0.25, 0.3) is 0 Å². The third kappa shape index (κ3) is 10.8. The smallest absolute Gasteiger partial charge is 0.315 e. The Kier molecular flexibility index (Phi) is 11.5. The Bertz CT molecular complexity index is 1810. The van der Waals surface area contributed by atoms with Crippen molar-refractivity contribution in [1.29, 1.82) is 0 Å². The van der Waals surface area contributed by atoms with Gasteiger partial charge in [0.15, 0.2) is 0 Å². The van der Waals surface area contributed by atoms with E-state index >= 15 is 0 Å². The normalized spacial score (nSPS) is 11.4. The quantitative estimate of drug-likeness (QED) is 0.0839. The maximum atomic E-state index is 12.8. The number of sulfonamides is 1. The van der Waals surface area contributed by atoms with Gasteiger partial charge in [-0.1, -0.05) is 24.3 Å². The van der Waals surface area contributed by atoms with Gasteiger partial charge in [-0.3, -0.25) is 4.79 Å². The van der Waals surface area contributed by atoms with E-state index in [1.54, 1.807) is 57.3 Å². The molecule has 0 radical (unpaired) electrons. The Morgan fingerprint density at radius 2 is 1.68 bits per heavy atom. The molecular weight excluding hydrogens is 618 g/mol. The van der Waals surface area contributed by atoms with E-state index in [9.17, 15) is 18.0 Å². The molecule has 3 aromatic carbocycles. The van der Waals surface area contributed by atoms with Crippen LogP contribution >= 0.6 is 0 Å². The average molecular weight is 660 g/mol. The molecule has 0 atom stereocenters. The van der Waals surface area contributed by atoms with Crippen molar-refractivity contribution in [1.82, 2.24) is 25.3 Å². The number of hydrogen-bond acceptors (Lipinski definition) is 9. The molecule has 0 unspecified atom stereocenters. The van der Waals surface area contributed by atoms with E-state index in [-0.39, 0.29) is 10.9 Å². The lowest BCUT2D eigenvalue weighted by molar-refractivity contribution is 0.112. The lowest BCUT2D eigenvalue weighted by Gasteiger charge is -2.20. The minimum absolute atomic E-state index is 0.150. The van der Waals surface area contributed by atoms with E-state index < -0.39 is 15.6 Å². The highest BCUT2D eigenvalue weighted by molar-refractivity contribution is 7.89. The topological polar surface area (TPSA) is 163 Å². The van der Waals surface area contributed by atoms with Gasteiger partial charge >= 0.3 is 6.03 Å². The second-order valence-electron chi connectivity index (χ2n) is 12.0. The molecule has 4 rings (SSSR count). The third-order valence-electron chi connectivity index (χ3n) is 6.72. The van der Waals surface area contributed by atoms with Crippen molar-refractivity contribution in [3.63, 3.8) is 0 Å². The zero-order valence-corrected chi connectivity index (χ0v) is 28.0. The monoisotopic (exact) mass is 659 g/mol. The number of urea groups is 1. The number of hydrogen-bond donors (Lipinski definition) is 5. The van der Waals surface area contributed by atoms with E-state index in [0.29, 0.717) is 54.9 Å². The minimum atomic E-state index is -3.69. The Balaban J connectivity index is 1.23. The zero-order chi connectivity index (χ0) is 34.0. The van der Waals surface area contributed by atoms with Crippen LogP contribution in [0.1, 0.15) is 54.2 Å². The molecular formula is C34H41N7O5S. The van der Waals surface area contributed by atoms with Crippen LogP contribution in [0, 0.1) is 13.8 Å². The van der Waals surface area contributed by atoms with Crippen LogP contribution in [-0.2, 0) is 16.6 Å². The molecule has 1 heterocycles. The number of carbonyl (C=O) groups is 2. The molecule has 0 aliphatic rings. The number of aldehydes is 1. The van der Waals surface area contributed by atoms with Crippen LogP contribution in [0.2, 0.25) is 0 Å². The summed E-state index contributed by atoms with van der Waals surface area (Å²) in [7, 11) is -3.69. The molecule has 0 aliphatic heterocycles. The SMILES string of the molecule is Cc1cc(CNC(=O)NCCCOc2ccc(Nc3ncc(C)c(Nc4cccc(S(=O)(=O)NC(C)(C)C)c4)n3)cc2)ccc1C=O. The van der Waals surface area contributed by atoms with Crippen LogP contribution in [0.15, 0.2) is 77.8 Å². The molecule has 0 saturated heterocycles. The number of rotatable bonds is 14. The van der Waals surface area contributed by atoms with Crippen LogP contribution in [0.4, 0.5) is 27.9 Å². The van der Waals surface area contributed by atoms with Crippen molar-refractivity contribution in [2.24, 2.45) is 0 Å². The van der Waals surface area contributed by atoms with E-state index in [0.717, 1.165) is 28.7 Å². The first-order valence-electron chi connectivity index (χ1n) is 15.1. The van der Waals surface area contributed by atoms with Gasteiger partial charge in [0.2, 0.25) is 16.0 Å². The molecule has 4 aromatic rings. The first-order valence-corrected chi connectivity index (χ1v) is 16.6. The molecule has 12 nitrogen and oxygen atoms in total. The first kappa shape index (κ1) is 34.9. The maximum Gasteiger partial charge on any atom is 0.315 e. The highest BCUT2D eigenvalue weighted by Crippen LogP contribution is 2.24. The molecule has 1 aromatic heterocycles. The van der Waals surface area contributed by atoms with Crippen LogP contribution < -0.4 is 30.7 Å². The van der Waals surface area contributed by atoms with Crippen molar-refractivity contribution in [3.8, 4) is 5.75 Å². The van der Waals surface area contributed by atoms with Crippen LogP contribution in [0.5, 0.6) is 5.75 Å². The highest BCUT2D eigenvalue weighted by Gasteiger charge is 2.22. The van der Waals surface area contributed by atoms with Gasteiger partial charge < -0.3 is 26.0 Å². The van der Waals surface area contributed by atoms with Crippen molar-refractivity contribution in [2.45, 2.75) is 58.0 Å². The van der Waals surface area contributed by atoms with E-state index in [1.807, 2.05) is 50.2 Å². The molecule has 47 heavy (non-hydrogen) atoms. The fourth-order valence-corrected chi connectivity index (χ4v) is 5.88. The fraction of sp³-hybridized carbons (Fsp3) is 0.294. The summed E-state index contributed by atoms with van der Waals surface area (Å²) in [6.07, 6.45) is 3.11. The lowest BCUT2D eigenvalue weighted by atomic mass is 10.1. The molecule has 0 spiro atoms. The molecule has 0 bridgehead atoms. The van der Waals surface area contributed by atoms with E-state index in [1.165, 1.54) is 0 Å². The van der Waals surface area contributed by atoms with Crippen molar-refractivity contribution < 1.29 is 22.7 Å². The standard InChI is InChI=1S/C34H41N7O5S/c1-23-18-25(10-11-26(23)22-42)21-37-33(43)35-16-7-17-46-29-14-12-27(13-15-29)39-32-36-20-24(2)31(40-32)38-28-8-6-9-30(19-28)47(44,45)41-34(3,4)5/h6,8-15,18-20,22,41H,7,16-17,21H2,1-5H3,(H2,35,37,43)(H2,36,38,39,40). The van der Waals surface area contributed by atoms with Gasteiger partial charge in [-0.15, -0.1) is 0 Å². The van der Waals surface area contributed by atoms with Gasteiger partial charge in [0.25, 0.3) is 0 Å². The highest BCUT2D eigenvalue weighted by atomic mass is 32.2. The van der Waals surface area contributed by atoms with E-state index in [4.69, 9.17) is 4.74 Å². The second-order valence-corrected chi connectivity index (χ2v) is 13.7. The zero-order valence-electron chi connectivity index (χ0n) is 27.2. The Morgan fingerprint density at radius 1 is 0.915 bits per heavy atom. The van der Waals surface area contributed by atoms with Crippen molar-refractivity contribution >= 4 is 45.5 Å². The number of carbonyl (C=O) groups excluding carboxylic acids is 2. The largest absolute Gasteiger partial charge is 0.494 e. The summed E-state index contributed by atoms with van der Waals surface area (Å²) in [5.41, 5.74) is 3.93. The first-order chi connectivity index (χ1) is 22.3. The number of ether oxygens (including phenoxy) is 1. The van der Waals surface area contributed by atoms with Crippen LogP contribution in [0.3, 0.4) is 0 Å². The number of aromatic nitrogens is 2. The van der Waals surface area contributed by atoms with Gasteiger partial charge in [0.05, 0.1) is 11.5 Å². The number of aryl methyl sites for hydroxylation is 2. The molecule has 5 N–H and O–H groups in total. The van der Waals surface area contributed by atoms with Crippen LogP contribution in [-0.4, -0.2) is 49.4 Å². The summed E-state index contributed by atoms with van der Waals surface area (Å²) in [5, 5.41) is 12.0. The van der Waals surface area contributed by atoms with Gasteiger partial charge in [-0.2, -0.15) is 4.98 Å². The molecule has 0 saturated carbocycles. The lowest BCUT2D eigenvalue weighted by Crippen LogP contribution is -2.40. The minimum Gasteiger partial charge on any atom is -0.494 e. The molecule has 0 aliphatic carbocycles. The number of nitrogens with zero attached hydrogens (tertiary/aromatic N) is 2. The summed E-state index contributed by atoms with van der Waals surface area (Å²) in [6, 6.07) is 19.1. The summed E-state index contributed by atoms with van der Waals surface area (Å²) < 4.78 is 34.0. The maximum absolute atomic E-state index is 12.8. The van der Waals surface area contributed by atoms with Gasteiger partial charge in [-0.05, 0) is 94.6 Å². The Hall–Kier alpha value is -5.01. The summed E-state index contributed by atoms with van der Waals surface area (Å²) in [4.78, 5) is 32.2. The summed E-state index contributed by atoms with van der Waals surface area (Å²) in [6.45, 7) is 10.3. The van der Waals surface area contributed by atoms with Gasteiger partial charge in [-0.25, -0.2) is 22.9 Å². The van der Waals surface area contributed by atoms with Crippen molar-refractivity contribution in [2.75, 3.05) is 23.8 Å².